The minimum Gasteiger partial charge on any atom is -0.356 e. The van der Waals surface area contributed by atoms with E-state index < -0.39 is 55.1 Å². The Bertz CT molecular complexity index is 1330. The zero-order chi connectivity index (χ0) is 35.3. The Morgan fingerprint density at radius 1 is 1.06 bits per heavy atom. The van der Waals surface area contributed by atoms with Crippen LogP contribution in [-0.4, -0.2) is 89.7 Å². The SMILES string of the molecule is CC(C)(C)[C@H](NC(=O)NC1(CS(=O)(=O)C(C)(C)C)CCCCC1)C(=O)N1C[C@H]2[C@@H]([C@H]1C(=O)N[C@@H](C[C@@H]1CCNC1=O)C(N)S)C2(C)C. The highest BCUT2D eigenvalue weighted by Crippen LogP contribution is 2.65. The van der Waals surface area contributed by atoms with Crippen molar-refractivity contribution in [2.24, 2.45) is 34.3 Å². The van der Waals surface area contributed by atoms with E-state index in [-0.39, 0.29) is 46.6 Å². The van der Waals surface area contributed by atoms with Crippen molar-refractivity contribution in [2.75, 3.05) is 18.8 Å². The highest BCUT2D eigenvalue weighted by molar-refractivity contribution is 7.92. The van der Waals surface area contributed by atoms with Crippen LogP contribution in [0.5, 0.6) is 0 Å². The number of nitrogens with zero attached hydrogens (tertiary/aromatic N) is 1. The standard InChI is InChI=1S/C33H58N6O6S2/c1-30(2,3)24(37-29(43)38-33(13-10-9-11-14-33)18-47(44,45)31(4,5)6)28(42)39-17-20-22(32(20,7)8)23(39)27(41)36-21(25(34)46)16-19-12-15-35-26(19)40/h19-25,46H,9-18,34H2,1-8H3,(H,35,40)(H,36,41)(H2,37,38,43)/t19-,20-,21-,22-,23-,24+,25?/m0/s1. The maximum absolute atomic E-state index is 14.4. The third kappa shape index (κ3) is 8.06. The monoisotopic (exact) mass is 698 g/mol. The number of nitrogens with one attached hydrogen (secondary N) is 4. The number of carbonyl (C=O) groups is 4. The quantitative estimate of drug-likeness (QED) is 0.150. The zero-order valence-corrected chi connectivity index (χ0v) is 31.2. The molecule has 1 unspecified atom stereocenters. The molecule has 2 saturated carbocycles. The van der Waals surface area contributed by atoms with Crippen molar-refractivity contribution in [3.8, 4) is 0 Å². The summed E-state index contributed by atoms with van der Waals surface area (Å²) in [5, 5.41) is 11.1. The minimum atomic E-state index is -3.54. The van der Waals surface area contributed by atoms with Crippen molar-refractivity contribution >= 4 is 46.2 Å². The van der Waals surface area contributed by atoms with Gasteiger partial charge in [0.2, 0.25) is 17.7 Å². The summed E-state index contributed by atoms with van der Waals surface area (Å²) in [6.07, 6.45) is 4.64. The van der Waals surface area contributed by atoms with E-state index in [9.17, 15) is 27.6 Å². The molecule has 4 rings (SSSR count). The van der Waals surface area contributed by atoms with Crippen LogP contribution in [0.15, 0.2) is 0 Å². The highest BCUT2D eigenvalue weighted by atomic mass is 32.2. The van der Waals surface area contributed by atoms with Crippen molar-refractivity contribution < 1.29 is 27.6 Å². The third-order valence-corrected chi connectivity index (χ3v) is 14.3. The predicted molar refractivity (Wildman–Crippen MR) is 185 cm³/mol. The number of piperidine rings is 1. The Balaban J connectivity index is 1.54. The van der Waals surface area contributed by atoms with E-state index in [1.807, 2.05) is 20.8 Å². The maximum atomic E-state index is 14.4. The van der Waals surface area contributed by atoms with Gasteiger partial charge in [-0.25, -0.2) is 13.2 Å². The maximum Gasteiger partial charge on any atom is 0.315 e. The van der Waals surface area contributed by atoms with Gasteiger partial charge in [0.15, 0.2) is 9.84 Å². The molecule has 2 saturated heterocycles. The summed E-state index contributed by atoms with van der Waals surface area (Å²) in [6, 6.07) is -2.92. The van der Waals surface area contributed by atoms with Crippen molar-refractivity contribution in [3.63, 3.8) is 0 Å². The Morgan fingerprint density at radius 3 is 2.19 bits per heavy atom. The smallest absolute Gasteiger partial charge is 0.315 e. The molecule has 2 aliphatic heterocycles. The Morgan fingerprint density at radius 2 is 1.68 bits per heavy atom. The van der Waals surface area contributed by atoms with E-state index in [1.54, 1.807) is 25.7 Å². The molecule has 0 aromatic carbocycles. The molecule has 0 aromatic rings. The number of amides is 5. The molecular weight excluding hydrogens is 641 g/mol. The lowest BCUT2D eigenvalue weighted by Crippen LogP contribution is -2.64. The molecule has 2 aliphatic carbocycles. The molecule has 268 valence electrons. The van der Waals surface area contributed by atoms with Gasteiger partial charge >= 0.3 is 6.03 Å². The summed E-state index contributed by atoms with van der Waals surface area (Å²) in [5.41, 5.74) is 4.36. The molecule has 12 nitrogen and oxygen atoms in total. The molecule has 47 heavy (non-hydrogen) atoms. The number of nitrogens with two attached hydrogens (primary N) is 1. The molecule has 0 aromatic heterocycles. The van der Waals surface area contributed by atoms with Crippen molar-refractivity contribution in [1.29, 1.82) is 0 Å². The average Bonchev–Trinajstić information content (AvgIpc) is 3.27. The number of sulfone groups is 1. The molecule has 6 N–H and O–H groups in total. The van der Waals surface area contributed by atoms with Gasteiger partial charge in [0.05, 0.1) is 27.5 Å². The largest absolute Gasteiger partial charge is 0.356 e. The van der Waals surface area contributed by atoms with Crippen LogP contribution < -0.4 is 27.0 Å². The fourth-order valence-corrected chi connectivity index (χ4v) is 9.60. The molecule has 4 aliphatic rings. The number of thiol groups is 1. The van der Waals surface area contributed by atoms with Gasteiger partial charge in [0, 0.05) is 19.0 Å². The van der Waals surface area contributed by atoms with Crippen LogP contribution in [0.4, 0.5) is 4.79 Å². The second-order valence-electron chi connectivity index (χ2n) is 17.1. The van der Waals surface area contributed by atoms with Gasteiger partial charge in [0.1, 0.15) is 12.1 Å². The topological polar surface area (TPSA) is 180 Å². The molecular formula is C33H58N6O6S2. The van der Waals surface area contributed by atoms with E-state index in [0.717, 1.165) is 19.3 Å². The van der Waals surface area contributed by atoms with Gasteiger partial charge < -0.3 is 31.9 Å². The molecule has 7 atom stereocenters. The Hall–Kier alpha value is -2.06. The summed E-state index contributed by atoms with van der Waals surface area (Å²) in [4.78, 5) is 56.0. The van der Waals surface area contributed by atoms with Crippen LogP contribution in [0.1, 0.15) is 100 Å². The molecule has 0 spiro atoms. The fourth-order valence-electron chi connectivity index (χ4n) is 7.88. The minimum absolute atomic E-state index is 0.0670. The second-order valence-corrected chi connectivity index (χ2v) is 20.5. The second kappa shape index (κ2) is 13.3. The van der Waals surface area contributed by atoms with E-state index in [4.69, 9.17) is 5.73 Å². The normalized spacial score (nSPS) is 28.8. The molecule has 2 heterocycles. The van der Waals surface area contributed by atoms with Crippen molar-refractivity contribution in [2.45, 2.75) is 134 Å². The summed E-state index contributed by atoms with van der Waals surface area (Å²) in [5.74, 6) is -1.16. The lowest BCUT2D eigenvalue weighted by molar-refractivity contribution is -0.144. The number of likely N-dealkylation sites (tertiary alicyclic amines) is 1. The molecule has 5 amide bonds. The molecule has 4 fully saturated rings. The average molecular weight is 699 g/mol. The lowest BCUT2D eigenvalue weighted by Gasteiger charge is -2.41. The lowest BCUT2D eigenvalue weighted by atomic mass is 9.83. The van der Waals surface area contributed by atoms with Crippen LogP contribution in [0.25, 0.3) is 0 Å². The van der Waals surface area contributed by atoms with Crippen LogP contribution in [0, 0.1) is 28.6 Å². The first-order valence-electron chi connectivity index (χ1n) is 17.1. The van der Waals surface area contributed by atoms with Crippen LogP contribution in [0.3, 0.4) is 0 Å². The first kappa shape index (κ1) is 37.8. The number of fused-ring (bicyclic) bond motifs is 1. The first-order chi connectivity index (χ1) is 21.5. The zero-order valence-electron chi connectivity index (χ0n) is 29.4. The van der Waals surface area contributed by atoms with Gasteiger partial charge in [-0.2, -0.15) is 12.6 Å². The summed E-state index contributed by atoms with van der Waals surface area (Å²) in [7, 11) is -3.54. The van der Waals surface area contributed by atoms with Gasteiger partial charge in [-0.05, 0) is 69.1 Å². The van der Waals surface area contributed by atoms with Crippen molar-refractivity contribution in [1.82, 2.24) is 26.2 Å². The Kier molecular flexibility index (Phi) is 10.7. The molecule has 0 radical (unpaired) electrons. The molecule has 14 heteroatoms. The van der Waals surface area contributed by atoms with E-state index >= 15 is 0 Å². The highest BCUT2D eigenvalue weighted by Gasteiger charge is 2.70. The van der Waals surface area contributed by atoms with Crippen molar-refractivity contribution in [3.05, 3.63) is 0 Å². The first-order valence-corrected chi connectivity index (χ1v) is 19.3. The predicted octanol–water partition coefficient (Wildman–Crippen LogP) is 2.33. The number of hydrogen-bond donors (Lipinski definition) is 6. The third-order valence-electron chi connectivity index (χ3n) is 11.2. The number of carbonyl (C=O) groups excluding carboxylic acids is 4. The van der Waals surface area contributed by atoms with Gasteiger partial charge in [0.25, 0.3) is 0 Å². The van der Waals surface area contributed by atoms with E-state index in [2.05, 4.69) is 47.7 Å². The number of urea groups is 1. The van der Waals surface area contributed by atoms with E-state index in [0.29, 0.717) is 38.8 Å². The fraction of sp³-hybridized carbons (Fsp3) is 0.879. The van der Waals surface area contributed by atoms with Crippen LogP contribution in [-0.2, 0) is 24.2 Å². The van der Waals surface area contributed by atoms with Gasteiger partial charge in [-0.15, -0.1) is 0 Å². The number of rotatable bonds is 10. The molecule has 0 bridgehead atoms. The van der Waals surface area contributed by atoms with E-state index in [1.165, 1.54) is 0 Å². The van der Waals surface area contributed by atoms with Crippen LogP contribution >= 0.6 is 12.6 Å². The number of hydrogen-bond acceptors (Lipinski definition) is 8. The van der Waals surface area contributed by atoms with Crippen LogP contribution in [0.2, 0.25) is 0 Å². The summed E-state index contributed by atoms with van der Waals surface area (Å²) < 4.78 is 25.6. The van der Waals surface area contributed by atoms with Gasteiger partial charge in [-0.3, -0.25) is 14.4 Å². The Labute approximate surface area is 286 Å². The summed E-state index contributed by atoms with van der Waals surface area (Å²) in [6.45, 7) is 15.7. The summed E-state index contributed by atoms with van der Waals surface area (Å²) >= 11 is 4.41. The van der Waals surface area contributed by atoms with Gasteiger partial charge in [-0.1, -0.05) is 53.9 Å².